The number of halogens is 1. The highest BCUT2D eigenvalue weighted by Gasteiger charge is 2.05. The zero-order chi connectivity index (χ0) is 11.5. The smallest absolute Gasteiger partial charge is 0.123 e. The summed E-state index contributed by atoms with van der Waals surface area (Å²) in [6, 6.07) is 8.28. The maximum atomic E-state index is 8.59. The van der Waals surface area contributed by atoms with Crippen molar-refractivity contribution < 1.29 is 0 Å². The van der Waals surface area contributed by atoms with Crippen molar-refractivity contribution in [3.05, 3.63) is 39.3 Å². The molecule has 0 unspecified atom stereocenters. The lowest BCUT2D eigenvalue weighted by atomic mass is 10.2. The van der Waals surface area contributed by atoms with Crippen molar-refractivity contribution in [1.29, 1.82) is 5.26 Å². The quantitative estimate of drug-likeness (QED) is 0.840. The Hall–Kier alpha value is -1.18. The largest absolute Gasteiger partial charge is 0.240 e. The van der Waals surface area contributed by atoms with Crippen LogP contribution in [0.4, 0.5) is 0 Å². The average molecular weight is 293 g/mol. The van der Waals surface area contributed by atoms with Gasteiger partial charge in [-0.3, -0.25) is 0 Å². The van der Waals surface area contributed by atoms with Crippen molar-refractivity contribution in [2.45, 2.75) is 13.3 Å². The van der Waals surface area contributed by atoms with E-state index in [4.69, 9.17) is 5.26 Å². The highest BCUT2D eigenvalue weighted by Crippen LogP contribution is 2.28. The molecule has 2 aromatic rings. The van der Waals surface area contributed by atoms with E-state index in [9.17, 15) is 0 Å². The highest BCUT2D eigenvalue weighted by atomic mass is 79.9. The van der Waals surface area contributed by atoms with Gasteiger partial charge in [0.1, 0.15) is 5.01 Å². The molecule has 16 heavy (non-hydrogen) atoms. The number of benzene rings is 1. The number of nitrogens with zero attached hydrogens (tertiary/aromatic N) is 2. The molecule has 1 aromatic carbocycles. The minimum absolute atomic E-state index is 0.379. The summed E-state index contributed by atoms with van der Waals surface area (Å²) in [5.74, 6) is 0. The summed E-state index contributed by atoms with van der Waals surface area (Å²) in [5, 5.41) is 11.5. The molecular formula is C12H9BrN2S. The molecule has 0 saturated heterocycles. The average Bonchev–Trinajstić information content (AvgIpc) is 2.71. The van der Waals surface area contributed by atoms with Gasteiger partial charge in [-0.1, -0.05) is 28.1 Å². The molecule has 2 rings (SSSR count). The van der Waals surface area contributed by atoms with E-state index >= 15 is 0 Å². The normalized spacial score (nSPS) is 10.1. The van der Waals surface area contributed by atoms with Crippen LogP contribution in [0.2, 0.25) is 0 Å². The van der Waals surface area contributed by atoms with Crippen LogP contribution in [0, 0.1) is 18.3 Å². The van der Waals surface area contributed by atoms with Gasteiger partial charge in [-0.2, -0.15) is 5.26 Å². The van der Waals surface area contributed by atoms with Crippen LogP contribution in [0.3, 0.4) is 0 Å². The summed E-state index contributed by atoms with van der Waals surface area (Å²) in [4.78, 5) is 4.42. The minimum Gasteiger partial charge on any atom is -0.240 e. The van der Waals surface area contributed by atoms with E-state index in [1.165, 1.54) is 5.56 Å². The number of hydrogen-bond acceptors (Lipinski definition) is 3. The van der Waals surface area contributed by atoms with Crippen molar-refractivity contribution >= 4 is 27.3 Å². The molecule has 0 bridgehead atoms. The Bertz CT molecular complexity index is 554. The van der Waals surface area contributed by atoms with Gasteiger partial charge >= 0.3 is 0 Å². The van der Waals surface area contributed by atoms with Crippen LogP contribution in [0.5, 0.6) is 0 Å². The van der Waals surface area contributed by atoms with Crippen molar-refractivity contribution in [2.75, 3.05) is 0 Å². The number of hydrogen-bond donors (Lipinski definition) is 0. The number of aryl methyl sites for hydroxylation is 1. The molecule has 0 spiro atoms. The summed E-state index contributed by atoms with van der Waals surface area (Å²) >= 11 is 5.08. The third-order valence-electron chi connectivity index (χ3n) is 2.23. The first kappa shape index (κ1) is 11.3. The van der Waals surface area contributed by atoms with Crippen LogP contribution < -0.4 is 0 Å². The van der Waals surface area contributed by atoms with E-state index in [1.54, 1.807) is 11.3 Å². The second-order valence-corrected chi connectivity index (χ2v) is 5.16. The fraction of sp³-hybridized carbons (Fsp3) is 0.167. The second-order valence-electron chi connectivity index (χ2n) is 3.44. The first-order valence-corrected chi connectivity index (χ1v) is 6.46. The maximum Gasteiger partial charge on any atom is 0.123 e. The standard InChI is InChI=1S/C12H9BrN2S/c1-8-2-3-9(6-11(8)13)12-15-10(4-5-14)7-16-12/h2-3,6-7H,4H2,1H3. The predicted octanol–water partition coefficient (Wildman–Crippen LogP) is 3.95. The Labute approximate surface area is 107 Å². The molecule has 0 aliphatic heterocycles. The molecule has 0 N–H and O–H groups in total. The third-order valence-corrected chi connectivity index (χ3v) is 4.03. The Balaban J connectivity index is 2.36. The third kappa shape index (κ3) is 2.31. The van der Waals surface area contributed by atoms with Crippen molar-refractivity contribution in [3.63, 3.8) is 0 Å². The van der Waals surface area contributed by atoms with Crippen molar-refractivity contribution in [2.24, 2.45) is 0 Å². The SMILES string of the molecule is Cc1ccc(-c2nc(CC#N)cs2)cc1Br. The molecule has 1 aromatic heterocycles. The molecule has 0 aliphatic rings. The van der Waals surface area contributed by atoms with Gasteiger partial charge in [0, 0.05) is 15.4 Å². The molecule has 4 heteroatoms. The fourth-order valence-corrected chi connectivity index (χ4v) is 2.52. The van der Waals surface area contributed by atoms with Crippen LogP contribution in [-0.4, -0.2) is 4.98 Å². The van der Waals surface area contributed by atoms with E-state index in [1.807, 2.05) is 5.38 Å². The van der Waals surface area contributed by atoms with E-state index in [0.29, 0.717) is 6.42 Å². The Kier molecular flexibility index (Phi) is 3.37. The van der Waals surface area contributed by atoms with Crippen molar-refractivity contribution in [1.82, 2.24) is 4.98 Å². The maximum absolute atomic E-state index is 8.59. The van der Waals surface area contributed by atoms with Gasteiger partial charge in [0.2, 0.25) is 0 Å². The highest BCUT2D eigenvalue weighted by molar-refractivity contribution is 9.10. The summed E-state index contributed by atoms with van der Waals surface area (Å²) < 4.78 is 1.09. The number of nitriles is 1. The van der Waals surface area contributed by atoms with Crippen LogP contribution in [0.25, 0.3) is 10.6 Å². The molecule has 0 atom stereocenters. The van der Waals surface area contributed by atoms with Gasteiger partial charge < -0.3 is 0 Å². The molecule has 0 fully saturated rings. The van der Waals surface area contributed by atoms with Crippen LogP contribution in [-0.2, 0) is 6.42 Å². The summed E-state index contributed by atoms with van der Waals surface area (Å²) in [7, 11) is 0. The second kappa shape index (κ2) is 4.77. The van der Waals surface area contributed by atoms with Crippen LogP contribution in [0.1, 0.15) is 11.3 Å². The number of thiazole rings is 1. The monoisotopic (exact) mass is 292 g/mol. The Morgan fingerprint density at radius 3 is 3.00 bits per heavy atom. The molecule has 80 valence electrons. The molecule has 0 amide bonds. The Morgan fingerprint density at radius 2 is 2.31 bits per heavy atom. The zero-order valence-corrected chi connectivity index (χ0v) is 11.1. The molecule has 1 heterocycles. The predicted molar refractivity (Wildman–Crippen MR) is 69.3 cm³/mol. The lowest BCUT2D eigenvalue weighted by Crippen LogP contribution is -1.83. The lowest BCUT2D eigenvalue weighted by Gasteiger charge is -2.00. The van der Waals surface area contributed by atoms with Gasteiger partial charge in [0.25, 0.3) is 0 Å². The van der Waals surface area contributed by atoms with E-state index < -0.39 is 0 Å². The molecule has 0 saturated carbocycles. The van der Waals surface area contributed by atoms with Gasteiger partial charge in [0.05, 0.1) is 18.2 Å². The molecular weight excluding hydrogens is 284 g/mol. The van der Waals surface area contributed by atoms with E-state index in [2.05, 4.69) is 52.1 Å². The van der Waals surface area contributed by atoms with Crippen LogP contribution in [0.15, 0.2) is 28.1 Å². The van der Waals surface area contributed by atoms with E-state index in [-0.39, 0.29) is 0 Å². The van der Waals surface area contributed by atoms with Crippen molar-refractivity contribution in [3.8, 4) is 16.6 Å². The Morgan fingerprint density at radius 1 is 1.50 bits per heavy atom. The topological polar surface area (TPSA) is 36.7 Å². The molecule has 0 aliphatic carbocycles. The summed E-state index contributed by atoms with van der Waals surface area (Å²) in [6.07, 6.45) is 0.379. The van der Waals surface area contributed by atoms with Gasteiger partial charge in [-0.25, -0.2) is 4.98 Å². The van der Waals surface area contributed by atoms with Crippen LogP contribution >= 0.6 is 27.3 Å². The van der Waals surface area contributed by atoms with E-state index in [0.717, 1.165) is 20.7 Å². The lowest BCUT2D eigenvalue weighted by molar-refractivity contribution is 1.16. The summed E-state index contributed by atoms with van der Waals surface area (Å²) in [6.45, 7) is 2.05. The fourth-order valence-electron chi connectivity index (χ4n) is 1.33. The van der Waals surface area contributed by atoms with Gasteiger partial charge in [-0.05, 0) is 18.6 Å². The van der Waals surface area contributed by atoms with Gasteiger partial charge in [0.15, 0.2) is 0 Å². The number of rotatable bonds is 2. The first-order chi connectivity index (χ1) is 7.70. The molecule has 2 nitrogen and oxygen atoms in total. The van der Waals surface area contributed by atoms with Gasteiger partial charge in [-0.15, -0.1) is 11.3 Å². The summed E-state index contributed by atoms with van der Waals surface area (Å²) in [5.41, 5.74) is 3.14. The first-order valence-electron chi connectivity index (χ1n) is 4.78. The minimum atomic E-state index is 0.379. The zero-order valence-electron chi connectivity index (χ0n) is 8.70. The number of aromatic nitrogens is 1. The molecule has 0 radical (unpaired) electrons.